The number of hydrogen-bond donors (Lipinski definition) is 2. The normalized spacial score (nSPS) is 31.6. The maximum absolute atomic E-state index is 13.3. The van der Waals surface area contributed by atoms with Crippen LogP contribution in [0.1, 0.15) is 63.4 Å². The smallest absolute Gasteiger partial charge is 0.223 e. The standard InChI is InChI=1S/C26H36N2O3S/c1-5-28(6-2)22(31)14-18-23-19(32-24(27-23)17-10-8-7-9-11-17)15-20-25(18,3)13-12-21(30)26(20,4)16-29/h7-11,18,20-21,29-30H,5-6,12-16H2,1-4H3/t18-,20+,21-,25+,26+/m1/s1. The van der Waals surface area contributed by atoms with Gasteiger partial charge < -0.3 is 15.1 Å². The Morgan fingerprint density at radius 3 is 2.53 bits per heavy atom. The van der Waals surface area contributed by atoms with Gasteiger partial charge in [-0.05, 0) is 44.4 Å². The minimum Gasteiger partial charge on any atom is -0.396 e. The first kappa shape index (κ1) is 23.4. The quantitative estimate of drug-likeness (QED) is 0.672. The Morgan fingerprint density at radius 1 is 1.22 bits per heavy atom. The van der Waals surface area contributed by atoms with Crippen LogP contribution in [0.15, 0.2) is 30.3 Å². The lowest BCUT2D eigenvalue weighted by Gasteiger charge is -2.58. The van der Waals surface area contributed by atoms with Gasteiger partial charge in [-0.25, -0.2) is 4.98 Å². The topological polar surface area (TPSA) is 73.7 Å². The first-order valence-electron chi connectivity index (χ1n) is 11.9. The average Bonchev–Trinajstić information content (AvgIpc) is 3.23. The maximum Gasteiger partial charge on any atom is 0.223 e. The van der Waals surface area contributed by atoms with Crippen LogP contribution in [0.4, 0.5) is 0 Å². The molecule has 0 spiro atoms. The molecule has 5 atom stereocenters. The van der Waals surface area contributed by atoms with Gasteiger partial charge in [0.15, 0.2) is 0 Å². The number of hydrogen-bond acceptors (Lipinski definition) is 5. The van der Waals surface area contributed by atoms with Crippen LogP contribution in [0.2, 0.25) is 0 Å². The fraction of sp³-hybridized carbons (Fsp3) is 0.615. The van der Waals surface area contributed by atoms with E-state index < -0.39 is 11.5 Å². The van der Waals surface area contributed by atoms with Crippen molar-refractivity contribution < 1.29 is 15.0 Å². The molecule has 1 amide bonds. The van der Waals surface area contributed by atoms with E-state index in [1.54, 1.807) is 11.3 Å². The van der Waals surface area contributed by atoms with Crippen molar-refractivity contribution in [1.82, 2.24) is 9.88 Å². The molecule has 2 aliphatic rings. The number of nitrogens with zero attached hydrogens (tertiary/aromatic N) is 2. The highest BCUT2D eigenvalue weighted by Crippen LogP contribution is 2.63. The SMILES string of the molecule is CCN(CC)C(=O)C[C@@H]1c2nc(-c3ccccc3)sc2C[C@@H]2[C@](C)(CO)[C@H](O)CC[C@]21C. The van der Waals surface area contributed by atoms with Crippen molar-refractivity contribution in [3.63, 3.8) is 0 Å². The number of thiazole rings is 1. The van der Waals surface area contributed by atoms with Gasteiger partial charge in [0.05, 0.1) is 18.4 Å². The summed E-state index contributed by atoms with van der Waals surface area (Å²) in [5, 5.41) is 22.3. The van der Waals surface area contributed by atoms with Crippen LogP contribution in [0.5, 0.6) is 0 Å². The third-order valence-electron chi connectivity index (χ3n) is 8.41. The van der Waals surface area contributed by atoms with Gasteiger partial charge in [0.2, 0.25) is 5.91 Å². The van der Waals surface area contributed by atoms with E-state index in [4.69, 9.17) is 4.98 Å². The highest BCUT2D eigenvalue weighted by molar-refractivity contribution is 7.15. The first-order valence-corrected chi connectivity index (χ1v) is 12.7. The predicted molar refractivity (Wildman–Crippen MR) is 129 cm³/mol. The second-order valence-electron chi connectivity index (χ2n) is 10.00. The molecule has 0 radical (unpaired) electrons. The first-order chi connectivity index (χ1) is 15.3. The molecule has 2 N–H and O–H groups in total. The van der Waals surface area contributed by atoms with Crippen molar-refractivity contribution >= 4 is 17.2 Å². The van der Waals surface area contributed by atoms with E-state index in [0.717, 1.165) is 29.1 Å². The van der Waals surface area contributed by atoms with Crippen LogP contribution in [-0.4, -0.2) is 51.8 Å². The molecule has 1 heterocycles. The minimum atomic E-state index is -0.585. The summed E-state index contributed by atoms with van der Waals surface area (Å²) in [6.45, 7) is 9.69. The molecular weight excluding hydrogens is 420 g/mol. The monoisotopic (exact) mass is 456 g/mol. The Bertz CT molecular complexity index is 957. The molecule has 174 valence electrons. The van der Waals surface area contributed by atoms with Crippen molar-refractivity contribution in [3.05, 3.63) is 40.9 Å². The molecule has 6 heteroatoms. The highest BCUT2D eigenvalue weighted by Gasteiger charge is 2.59. The summed E-state index contributed by atoms with van der Waals surface area (Å²) in [6, 6.07) is 10.2. The second kappa shape index (κ2) is 8.88. The Hall–Kier alpha value is -1.76. The molecule has 0 unspecified atom stereocenters. The molecule has 32 heavy (non-hydrogen) atoms. The number of aliphatic hydroxyl groups excluding tert-OH is 2. The van der Waals surface area contributed by atoms with Crippen LogP contribution < -0.4 is 0 Å². The van der Waals surface area contributed by atoms with Crippen LogP contribution in [-0.2, 0) is 11.2 Å². The molecule has 4 rings (SSSR count). The van der Waals surface area contributed by atoms with Gasteiger partial charge in [-0.15, -0.1) is 11.3 Å². The fourth-order valence-electron chi connectivity index (χ4n) is 6.23. The Morgan fingerprint density at radius 2 is 1.91 bits per heavy atom. The zero-order valence-electron chi connectivity index (χ0n) is 19.7. The van der Waals surface area contributed by atoms with E-state index in [0.29, 0.717) is 25.9 Å². The maximum atomic E-state index is 13.3. The molecule has 0 aliphatic heterocycles. The summed E-state index contributed by atoms with van der Waals surface area (Å²) in [5.41, 5.74) is 1.37. The highest BCUT2D eigenvalue weighted by atomic mass is 32.1. The summed E-state index contributed by atoms with van der Waals surface area (Å²) in [7, 11) is 0. The van der Waals surface area contributed by atoms with Gasteiger partial charge in [-0.2, -0.15) is 0 Å². The molecule has 1 saturated carbocycles. The predicted octanol–water partition coefficient (Wildman–Crippen LogP) is 4.48. The van der Waals surface area contributed by atoms with E-state index in [2.05, 4.69) is 19.1 Å². The van der Waals surface area contributed by atoms with E-state index >= 15 is 0 Å². The molecule has 5 nitrogen and oxygen atoms in total. The van der Waals surface area contributed by atoms with Crippen molar-refractivity contribution in [2.24, 2.45) is 16.7 Å². The minimum absolute atomic E-state index is 0.0172. The van der Waals surface area contributed by atoms with E-state index in [1.165, 1.54) is 4.88 Å². The average molecular weight is 457 g/mol. The van der Waals surface area contributed by atoms with E-state index in [1.807, 2.05) is 43.9 Å². The van der Waals surface area contributed by atoms with Gasteiger partial charge in [-0.1, -0.05) is 44.2 Å². The third kappa shape index (κ3) is 3.70. The molecule has 2 aromatic rings. The van der Waals surface area contributed by atoms with Crippen LogP contribution in [0.3, 0.4) is 0 Å². The molecular formula is C26H36N2O3S. The van der Waals surface area contributed by atoms with E-state index in [9.17, 15) is 15.0 Å². The lowest BCUT2D eigenvalue weighted by atomic mass is 9.47. The number of aliphatic hydroxyl groups is 2. The Kier molecular flexibility index (Phi) is 6.49. The van der Waals surface area contributed by atoms with Gasteiger partial charge in [0.1, 0.15) is 5.01 Å². The lowest BCUT2D eigenvalue weighted by Crippen LogP contribution is -2.57. The summed E-state index contributed by atoms with van der Waals surface area (Å²) in [5.74, 6) is 0.241. The lowest BCUT2D eigenvalue weighted by molar-refractivity contribution is -0.147. The van der Waals surface area contributed by atoms with Crippen molar-refractivity contribution in [2.45, 2.75) is 65.4 Å². The molecule has 1 aromatic heterocycles. The van der Waals surface area contributed by atoms with Gasteiger partial charge >= 0.3 is 0 Å². The van der Waals surface area contributed by atoms with Crippen molar-refractivity contribution in [2.75, 3.05) is 19.7 Å². The largest absolute Gasteiger partial charge is 0.396 e. The summed E-state index contributed by atoms with van der Waals surface area (Å²) >= 11 is 1.71. The number of carbonyl (C=O) groups is 1. The summed E-state index contributed by atoms with van der Waals surface area (Å²) in [6.07, 6.45) is 2.16. The van der Waals surface area contributed by atoms with E-state index in [-0.39, 0.29) is 29.8 Å². The van der Waals surface area contributed by atoms with Gasteiger partial charge in [-0.3, -0.25) is 4.79 Å². The number of benzene rings is 1. The molecule has 0 saturated heterocycles. The Labute approximate surface area is 195 Å². The molecule has 0 bridgehead atoms. The fourth-order valence-corrected chi connectivity index (χ4v) is 7.40. The van der Waals surface area contributed by atoms with Gasteiger partial charge in [0, 0.05) is 41.3 Å². The number of rotatable bonds is 6. The summed E-state index contributed by atoms with van der Waals surface area (Å²) in [4.78, 5) is 21.5. The van der Waals surface area contributed by atoms with Crippen molar-refractivity contribution in [1.29, 1.82) is 0 Å². The second-order valence-corrected chi connectivity index (χ2v) is 11.1. The van der Waals surface area contributed by atoms with Gasteiger partial charge in [0.25, 0.3) is 0 Å². The molecule has 2 aliphatic carbocycles. The number of carbonyl (C=O) groups excluding carboxylic acids is 1. The zero-order chi connectivity index (χ0) is 23.1. The van der Waals surface area contributed by atoms with Crippen molar-refractivity contribution in [3.8, 4) is 10.6 Å². The summed E-state index contributed by atoms with van der Waals surface area (Å²) < 4.78 is 0. The third-order valence-corrected chi connectivity index (χ3v) is 9.55. The number of aromatic nitrogens is 1. The van der Waals surface area contributed by atoms with Crippen LogP contribution in [0, 0.1) is 16.7 Å². The van der Waals surface area contributed by atoms with Crippen LogP contribution in [0.25, 0.3) is 10.6 Å². The molecule has 1 fully saturated rings. The Balaban J connectivity index is 1.82. The zero-order valence-corrected chi connectivity index (χ0v) is 20.5. The van der Waals surface area contributed by atoms with Crippen LogP contribution >= 0.6 is 11.3 Å². The number of fused-ring (bicyclic) bond motifs is 2. The number of amides is 1. The molecule has 1 aromatic carbocycles.